The summed E-state index contributed by atoms with van der Waals surface area (Å²) in [5, 5.41) is 17.3. The van der Waals surface area contributed by atoms with Gasteiger partial charge in [-0.05, 0) is 29.8 Å². The van der Waals surface area contributed by atoms with Gasteiger partial charge in [0.25, 0.3) is 0 Å². The molecule has 1 N–H and O–H groups in total. The molecule has 10 heteroatoms. The molecule has 0 aliphatic carbocycles. The highest BCUT2D eigenvalue weighted by Gasteiger charge is 2.18. The Bertz CT molecular complexity index is 1270. The average molecular weight is 438 g/mol. The van der Waals surface area contributed by atoms with Crippen LogP contribution in [0, 0.1) is 10.1 Å². The van der Waals surface area contributed by atoms with E-state index in [-0.39, 0.29) is 11.4 Å². The number of anilines is 2. The standard InChI is InChI=1S/C21H18N4O5S/c1-28-16-7-5-13(9-15(16)25(26)27)24-20-19-14(10-31-21(19)23-11-22-20)12-4-6-17(29-2)18(8-12)30-3/h4-11H,1-3H3,(H,22,23,24). The lowest BCUT2D eigenvalue weighted by Crippen LogP contribution is -1.98. The Morgan fingerprint density at radius 2 is 1.71 bits per heavy atom. The first-order valence-electron chi connectivity index (χ1n) is 9.09. The third-order valence-corrected chi connectivity index (χ3v) is 5.59. The minimum atomic E-state index is -0.487. The molecule has 4 rings (SSSR count). The zero-order valence-electron chi connectivity index (χ0n) is 16.9. The second kappa shape index (κ2) is 8.44. The summed E-state index contributed by atoms with van der Waals surface area (Å²) >= 11 is 1.48. The van der Waals surface area contributed by atoms with Gasteiger partial charge in [0.2, 0.25) is 0 Å². The lowest BCUT2D eigenvalue weighted by atomic mass is 10.1. The van der Waals surface area contributed by atoms with Crippen LogP contribution >= 0.6 is 11.3 Å². The van der Waals surface area contributed by atoms with Crippen molar-refractivity contribution in [2.75, 3.05) is 26.6 Å². The molecule has 0 aliphatic heterocycles. The number of hydrogen-bond acceptors (Lipinski definition) is 9. The summed E-state index contributed by atoms with van der Waals surface area (Å²) in [6, 6.07) is 10.3. The number of nitrogens with zero attached hydrogens (tertiary/aromatic N) is 3. The summed E-state index contributed by atoms with van der Waals surface area (Å²) in [6.07, 6.45) is 1.46. The number of aromatic nitrogens is 2. The summed E-state index contributed by atoms with van der Waals surface area (Å²) in [5.74, 6) is 1.96. The first-order chi connectivity index (χ1) is 15.0. The zero-order chi connectivity index (χ0) is 22.0. The number of ether oxygens (including phenoxy) is 3. The molecule has 0 saturated heterocycles. The second-order valence-electron chi connectivity index (χ2n) is 6.39. The number of fused-ring (bicyclic) bond motifs is 1. The first-order valence-corrected chi connectivity index (χ1v) is 9.97. The number of rotatable bonds is 7. The van der Waals surface area contributed by atoms with Crippen LogP contribution in [-0.4, -0.2) is 36.2 Å². The van der Waals surface area contributed by atoms with Crippen molar-refractivity contribution in [3.8, 4) is 28.4 Å². The molecule has 0 aliphatic rings. The van der Waals surface area contributed by atoms with Crippen LogP contribution in [0.2, 0.25) is 0 Å². The molecule has 0 amide bonds. The van der Waals surface area contributed by atoms with Crippen LogP contribution in [0.25, 0.3) is 21.3 Å². The fourth-order valence-corrected chi connectivity index (χ4v) is 4.15. The third-order valence-electron chi connectivity index (χ3n) is 4.70. The van der Waals surface area contributed by atoms with Crippen molar-refractivity contribution >= 4 is 38.7 Å². The number of thiophene rings is 1. The number of nitro groups is 1. The number of benzene rings is 2. The van der Waals surface area contributed by atoms with Gasteiger partial charge in [-0.15, -0.1) is 11.3 Å². The van der Waals surface area contributed by atoms with Gasteiger partial charge in [-0.3, -0.25) is 10.1 Å². The van der Waals surface area contributed by atoms with Gasteiger partial charge in [0.05, 0.1) is 31.6 Å². The Labute approximate surface area is 181 Å². The van der Waals surface area contributed by atoms with Crippen LogP contribution in [0.15, 0.2) is 48.1 Å². The van der Waals surface area contributed by atoms with Gasteiger partial charge < -0.3 is 19.5 Å². The predicted molar refractivity (Wildman–Crippen MR) is 119 cm³/mol. The van der Waals surface area contributed by atoms with E-state index < -0.39 is 4.92 Å². The normalized spacial score (nSPS) is 10.7. The highest BCUT2D eigenvalue weighted by molar-refractivity contribution is 7.17. The molecular weight excluding hydrogens is 420 g/mol. The van der Waals surface area contributed by atoms with E-state index in [1.54, 1.807) is 26.4 Å². The summed E-state index contributed by atoms with van der Waals surface area (Å²) in [5.41, 5.74) is 2.19. The van der Waals surface area contributed by atoms with E-state index in [4.69, 9.17) is 14.2 Å². The second-order valence-corrected chi connectivity index (χ2v) is 7.25. The van der Waals surface area contributed by atoms with Gasteiger partial charge in [0, 0.05) is 22.7 Å². The zero-order valence-corrected chi connectivity index (χ0v) is 17.7. The molecule has 158 valence electrons. The van der Waals surface area contributed by atoms with Gasteiger partial charge in [0.15, 0.2) is 17.2 Å². The van der Waals surface area contributed by atoms with E-state index in [1.165, 1.54) is 30.8 Å². The fraction of sp³-hybridized carbons (Fsp3) is 0.143. The van der Waals surface area contributed by atoms with E-state index in [1.807, 2.05) is 23.6 Å². The highest BCUT2D eigenvalue weighted by Crippen LogP contribution is 2.41. The van der Waals surface area contributed by atoms with Crippen LogP contribution in [0.4, 0.5) is 17.2 Å². The molecule has 2 aromatic carbocycles. The number of nitrogens with one attached hydrogen (secondary N) is 1. The molecule has 0 saturated carbocycles. The van der Waals surface area contributed by atoms with Crippen molar-refractivity contribution in [1.29, 1.82) is 0 Å². The lowest BCUT2D eigenvalue weighted by Gasteiger charge is -2.11. The summed E-state index contributed by atoms with van der Waals surface area (Å²) in [6.45, 7) is 0. The molecule has 0 radical (unpaired) electrons. The minimum Gasteiger partial charge on any atom is -0.493 e. The van der Waals surface area contributed by atoms with Crippen LogP contribution in [0.1, 0.15) is 0 Å². The molecule has 2 aromatic heterocycles. The molecule has 0 atom stereocenters. The smallest absolute Gasteiger partial charge is 0.312 e. The quantitative estimate of drug-likeness (QED) is 0.316. The van der Waals surface area contributed by atoms with Gasteiger partial charge in [-0.2, -0.15) is 0 Å². The van der Waals surface area contributed by atoms with Crippen LogP contribution in [0.5, 0.6) is 17.2 Å². The van der Waals surface area contributed by atoms with E-state index in [2.05, 4.69) is 15.3 Å². The molecular formula is C21H18N4O5S. The number of nitro benzene ring substituents is 1. The van der Waals surface area contributed by atoms with Crippen LogP contribution in [-0.2, 0) is 0 Å². The molecule has 0 bridgehead atoms. The van der Waals surface area contributed by atoms with Crippen molar-refractivity contribution < 1.29 is 19.1 Å². The van der Waals surface area contributed by atoms with Crippen molar-refractivity contribution in [2.45, 2.75) is 0 Å². The van der Waals surface area contributed by atoms with E-state index in [0.29, 0.717) is 23.0 Å². The summed E-state index contributed by atoms with van der Waals surface area (Å²) in [4.78, 5) is 20.4. The van der Waals surface area contributed by atoms with Crippen LogP contribution in [0.3, 0.4) is 0 Å². The minimum absolute atomic E-state index is 0.136. The summed E-state index contributed by atoms with van der Waals surface area (Å²) < 4.78 is 15.8. The maximum absolute atomic E-state index is 11.4. The van der Waals surface area contributed by atoms with Crippen molar-refractivity contribution in [2.24, 2.45) is 0 Å². The Kier molecular flexibility index (Phi) is 5.54. The summed E-state index contributed by atoms with van der Waals surface area (Å²) in [7, 11) is 4.56. The highest BCUT2D eigenvalue weighted by atomic mass is 32.1. The SMILES string of the molecule is COc1ccc(-c2csc3ncnc(Nc4ccc(OC)c([N+](=O)[O-])c4)c23)cc1OC. The predicted octanol–water partition coefficient (Wildman–Crippen LogP) is 5.04. The van der Waals surface area contributed by atoms with Gasteiger partial charge in [-0.25, -0.2) is 9.97 Å². The van der Waals surface area contributed by atoms with Gasteiger partial charge in [0.1, 0.15) is 17.0 Å². The van der Waals surface area contributed by atoms with Crippen molar-refractivity contribution in [3.63, 3.8) is 0 Å². The maximum atomic E-state index is 11.4. The molecule has 0 spiro atoms. The average Bonchev–Trinajstić information content (AvgIpc) is 3.23. The van der Waals surface area contributed by atoms with Gasteiger partial charge in [-0.1, -0.05) is 6.07 Å². The van der Waals surface area contributed by atoms with E-state index in [9.17, 15) is 10.1 Å². The van der Waals surface area contributed by atoms with Crippen molar-refractivity contribution in [3.05, 3.63) is 58.2 Å². The Balaban J connectivity index is 1.80. The molecule has 9 nitrogen and oxygen atoms in total. The monoisotopic (exact) mass is 438 g/mol. The molecule has 4 aromatic rings. The van der Waals surface area contributed by atoms with E-state index in [0.717, 1.165) is 21.3 Å². The lowest BCUT2D eigenvalue weighted by molar-refractivity contribution is -0.385. The molecule has 2 heterocycles. The van der Waals surface area contributed by atoms with Crippen molar-refractivity contribution in [1.82, 2.24) is 9.97 Å². The fourth-order valence-electron chi connectivity index (χ4n) is 3.23. The molecule has 0 fully saturated rings. The Hall–Kier alpha value is -3.92. The number of methoxy groups -OCH3 is 3. The Morgan fingerprint density at radius 3 is 2.42 bits per heavy atom. The number of hydrogen-bond donors (Lipinski definition) is 1. The Morgan fingerprint density at radius 1 is 0.968 bits per heavy atom. The largest absolute Gasteiger partial charge is 0.493 e. The topological polar surface area (TPSA) is 109 Å². The van der Waals surface area contributed by atoms with Gasteiger partial charge >= 0.3 is 5.69 Å². The maximum Gasteiger partial charge on any atom is 0.312 e. The van der Waals surface area contributed by atoms with E-state index >= 15 is 0 Å². The third kappa shape index (κ3) is 3.80. The first kappa shape index (κ1) is 20.4. The molecule has 31 heavy (non-hydrogen) atoms. The van der Waals surface area contributed by atoms with Crippen LogP contribution < -0.4 is 19.5 Å². The molecule has 0 unspecified atom stereocenters.